The number of aliphatic hydroxyl groups excluding tert-OH is 2. The van der Waals surface area contributed by atoms with E-state index in [0.29, 0.717) is 10.8 Å². The van der Waals surface area contributed by atoms with E-state index < -0.39 is 36.9 Å². The molecule has 2 aromatic carbocycles. The molecule has 3 unspecified atom stereocenters. The zero-order valence-electron chi connectivity index (χ0n) is 20.5. The Morgan fingerprint density at radius 2 is 1.79 bits per heavy atom. The van der Waals surface area contributed by atoms with Crippen LogP contribution in [0, 0.1) is 0 Å². The van der Waals surface area contributed by atoms with Crippen LogP contribution >= 0.6 is 11.6 Å². The molecule has 1 saturated heterocycles. The fourth-order valence-corrected chi connectivity index (χ4v) is 4.14. The van der Waals surface area contributed by atoms with Gasteiger partial charge in [0.25, 0.3) is 0 Å². The van der Waals surface area contributed by atoms with Crippen LogP contribution in [0.3, 0.4) is 0 Å². The molecule has 4 atom stereocenters. The monoisotopic (exact) mass is 562 g/mol. The molecule has 1 fully saturated rings. The van der Waals surface area contributed by atoms with E-state index in [1.54, 1.807) is 29.2 Å². The van der Waals surface area contributed by atoms with Crippen LogP contribution in [-0.4, -0.2) is 90.4 Å². The molecular formula is C24H30ClF3N4O6. The smallest absolute Gasteiger partial charge is 0.491 e. The van der Waals surface area contributed by atoms with Crippen LogP contribution in [-0.2, 0) is 16.1 Å². The molecule has 1 aliphatic heterocycles. The number of nitrogens with two attached hydrogens (primary N) is 1. The van der Waals surface area contributed by atoms with Gasteiger partial charge in [-0.25, -0.2) is 0 Å². The largest absolute Gasteiger partial charge is 0.573 e. The predicted molar refractivity (Wildman–Crippen MR) is 131 cm³/mol. The number of nitrogens with zero attached hydrogens (tertiary/aromatic N) is 2. The van der Waals surface area contributed by atoms with Gasteiger partial charge in [-0.2, -0.15) is 0 Å². The normalized spacial score (nSPS) is 20.5. The minimum atomic E-state index is -4.78. The molecule has 14 heteroatoms. The number of hydrogen-bond acceptors (Lipinski definition) is 9. The zero-order valence-corrected chi connectivity index (χ0v) is 21.2. The lowest BCUT2D eigenvalue weighted by Gasteiger charge is -2.53. The Labute approximate surface area is 222 Å². The molecule has 38 heavy (non-hydrogen) atoms. The van der Waals surface area contributed by atoms with Crippen molar-refractivity contribution in [1.82, 2.24) is 15.1 Å². The first-order valence-corrected chi connectivity index (χ1v) is 12.0. The summed E-state index contributed by atoms with van der Waals surface area (Å²) in [5.74, 6) is -0.541. The molecule has 2 aromatic rings. The summed E-state index contributed by atoms with van der Waals surface area (Å²) in [5, 5.41) is 22.7. The molecule has 1 heterocycles. The molecule has 1 aliphatic rings. The maximum atomic E-state index is 13.3. The van der Waals surface area contributed by atoms with Crippen LogP contribution < -0.4 is 20.5 Å². The average Bonchev–Trinajstić information content (AvgIpc) is 2.87. The number of benzene rings is 2. The highest BCUT2D eigenvalue weighted by Gasteiger charge is 2.52. The number of aliphatic hydroxyl groups is 2. The number of hydrogen-bond donors (Lipinski definition) is 4. The molecule has 0 spiro atoms. The standard InChI is InChI=1S/C24H30ClF3N4O6/c1-30-23(35)31(10-11-33)21(34)20-19(29)22(32(20)14-15-2-4-16(25)5-3-15)37-13-12-36-17-6-8-18(9-7-17)38-24(26,27)28/h2-9,19-20,22-23,30,33,35H,10-14,29H2,1H3/t19?,20?,22-,23?/m1/s1. The molecule has 210 valence electrons. The lowest BCUT2D eigenvalue weighted by molar-refractivity contribution is -0.274. The third kappa shape index (κ3) is 7.93. The summed E-state index contributed by atoms with van der Waals surface area (Å²) < 4.78 is 52.1. The minimum Gasteiger partial charge on any atom is -0.491 e. The number of rotatable bonds is 13. The van der Waals surface area contributed by atoms with Crippen molar-refractivity contribution in [3.63, 3.8) is 0 Å². The number of carbonyl (C=O) groups excluding carboxylic acids is 1. The van der Waals surface area contributed by atoms with E-state index in [1.807, 2.05) is 0 Å². The van der Waals surface area contributed by atoms with Gasteiger partial charge in [0, 0.05) is 18.1 Å². The topological polar surface area (TPSA) is 130 Å². The number of alkyl halides is 3. The summed E-state index contributed by atoms with van der Waals surface area (Å²) in [5.41, 5.74) is 7.17. The fourth-order valence-electron chi connectivity index (χ4n) is 4.01. The first-order valence-electron chi connectivity index (χ1n) is 11.7. The molecular weight excluding hydrogens is 533 g/mol. The van der Waals surface area contributed by atoms with Crippen molar-refractivity contribution in [2.24, 2.45) is 5.73 Å². The van der Waals surface area contributed by atoms with Gasteiger partial charge in [0.1, 0.15) is 30.4 Å². The SMILES string of the molecule is CNC(O)N(CCO)C(=O)C1C(N)[C@@H](OCCOc2ccc(OC(F)(F)F)cc2)N1Cc1ccc(Cl)cc1. The number of ether oxygens (including phenoxy) is 3. The minimum absolute atomic E-state index is 0.0607. The maximum Gasteiger partial charge on any atom is 0.573 e. The maximum absolute atomic E-state index is 13.3. The summed E-state index contributed by atoms with van der Waals surface area (Å²) in [7, 11) is 1.47. The Hall–Kier alpha value is -2.65. The van der Waals surface area contributed by atoms with Gasteiger partial charge >= 0.3 is 6.36 Å². The highest BCUT2D eigenvalue weighted by Crippen LogP contribution is 2.30. The summed E-state index contributed by atoms with van der Waals surface area (Å²) in [6.07, 6.45) is -6.77. The third-order valence-corrected chi connectivity index (χ3v) is 6.04. The van der Waals surface area contributed by atoms with E-state index in [1.165, 1.54) is 19.2 Å². The van der Waals surface area contributed by atoms with E-state index in [-0.39, 0.29) is 38.7 Å². The predicted octanol–water partition coefficient (Wildman–Crippen LogP) is 1.49. The molecule has 0 bridgehead atoms. The van der Waals surface area contributed by atoms with Crippen LogP contribution in [0.15, 0.2) is 48.5 Å². The lowest BCUT2D eigenvalue weighted by Crippen LogP contribution is -2.76. The van der Waals surface area contributed by atoms with Gasteiger partial charge < -0.3 is 35.1 Å². The molecule has 0 aliphatic carbocycles. The van der Waals surface area contributed by atoms with Crippen molar-refractivity contribution in [2.45, 2.75) is 37.6 Å². The Morgan fingerprint density at radius 1 is 1.16 bits per heavy atom. The van der Waals surface area contributed by atoms with Crippen molar-refractivity contribution in [1.29, 1.82) is 0 Å². The van der Waals surface area contributed by atoms with Crippen molar-refractivity contribution >= 4 is 17.5 Å². The molecule has 0 aromatic heterocycles. The zero-order chi connectivity index (χ0) is 27.9. The van der Waals surface area contributed by atoms with Crippen molar-refractivity contribution in [3.05, 3.63) is 59.1 Å². The number of amides is 1. The van der Waals surface area contributed by atoms with Gasteiger partial charge in [0.2, 0.25) is 5.91 Å². The number of nitrogens with one attached hydrogen (secondary N) is 1. The third-order valence-electron chi connectivity index (χ3n) is 5.78. The number of likely N-dealkylation sites (tertiary alicyclic amines) is 1. The van der Waals surface area contributed by atoms with Gasteiger partial charge in [0.15, 0.2) is 6.35 Å². The average molecular weight is 563 g/mol. The van der Waals surface area contributed by atoms with E-state index >= 15 is 0 Å². The molecule has 0 radical (unpaired) electrons. The van der Waals surface area contributed by atoms with Crippen molar-refractivity contribution in [3.8, 4) is 11.5 Å². The first-order chi connectivity index (χ1) is 18.0. The lowest BCUT2D eigenvalue weighted by atomic mass is 9.92. The second-order valence-corrected chi connectivity index (χ2v) is 8.80. The second kappa shape index (κ2) is 13.4. The fraction of sp³-hybridized carbons (Fsp3) is 0.458. The second-order valence-electron chi connectivity index (χ2n) is 8.37. The van der Waals surface area contributed by atoms with Crippen molar-refractivity contribution < 1.29 is 42.4 Å². The molecule has 5 N–H and O–H groups in total. The Morgan fingerprint density at radius 3 is 2.37 bits per heavy atom. The van der Waals surface area contributed by atoms with Crippen LogP contribution in [0.4, 0.5) is 13.2 Å². The van der Waals surface area contributed by atoms with Crippen LogP contribution in [0.1, 0.15) is 5.56 Å². The molecule has 0 saturated carbocycles. The van der Waals surface area contributed by atoms with Crippen LogP contribution in [0.5, 0.6) is 11.5 Å². The number of carbonyl (C=O) groups is 1. The summed E-state index contributed by atoms with van der Waals surface area (Å²) in [6, 6.07) is 10.4. The van der Waals surface area contributed by atoms with E-state index in [2.05, 4.69) is 10.1 Å². The van der Waals surface area contributed by atoms with E-state index in [9.17, 15) is 28.2 Å². The Kier molecular flexibility index (Phi) is 10.6. The van der Waals surface area contributed by atoms with E-state index in [4.69, 9.17) is 26.8 Å². The van der Waals surface area contributed by atoms with Gasteiger partial charge in [-0.05, 0) is 49.0 Å². The highest BCUT2D eigenvalue weighted by molar-refractivity contribution is 6.30. The van der Waals surface area contributed by atoms with Gasteiger partial charge in [-0.1, -0.05) is 23.7 Å². The van der Waals surface area contributed by atoms with Crippen LogP contribution in [0.25, 0.3) is 0 Å². The van der Waals surface area contributed by atoms with Gasteiger partial charge in [0.05, 0.1) is 19.3 Å². The first kappa shape index (κ1) is 29.9. The highest BCUT2D eigenvalue weighted by atomic mass is 35.5. The molecule has 3 rings (SSSR count). The summed E-state index contributed by atoms with van der Waals surface area (Å²) in [6.45, 7) is -0.0484. The van der Waals surface area contributed by atoms with Crippen molar-refractivity contribution in [2.75, 3.05) is 33.4 Å². The summed E-state index contributed by atoms with van der Waals surface area (Å²) in [4.78, 5) is 16.1. The Balaban J connectivity index is 1.63. The Bertz CT molecular complexity index is 1030. The quantitative estimate of drug-likeness (QED) is 0.212. The van der Waals surface area contributed by atoms with Gasteiger partial charge in [-0.15, -0.1) is 13.2 Å². The molecule has 1 amide bonds. The van der Waals surface area contributed by atoms with Crippen LogP contribution in [0.2, 0.25) is 5.02 Å². The number of halogens is 4. The summed E-state index contributed by atoms with van der Waals surface area (Å²) >= 11 is 5.98. The van der Waals surface area contributed by atoms with E-state index in [0.717, 1.165) is 22.6 Å². The van der Waals surface area contributed by atoms with Gasteiger partial charge in [-0.3, -0.25) is 15.0 Å². The molecule has 10 nitrogen and oxygen atoms in total.